The molecule has 1 aromatic carbocycles. The van der Waals surface area contributed by atoms with Crippen molar-refractivity contribution in [3.8, 4) is 22.8 Å². The van der Waals surface area contributed by atoms with Crippen molar-refractivity contribution in [3.63, 3.8) is 0 Å². The number of carbonyl (C=O) groups is 1. The van der Waals surface area contributed by atoms with Gasteiger partial charge in [-0.05, 0) is 31.2 Å². The Kier molecular flexibility index (Phi) is 5.52. The first kappa shape index (κ1) is 19.0. The van der Waals surface area contributed by atoms with Crippen LogP contribution in [0.1, 0.15) is 6.92 Å². The Morgan fingerprint density at radius 3 is 2.85 bits per heavy atom. The van der Waals surface area contributed by atoms with Crippen molar-refractivity contribution in [3.05, 3.63) is 35.5 Å². The van der Waals surface area contributed by atoms with E-state index >= 15 is 0 Å². The summed E-state index contributed by atoms with van der Waals surface area (Å²) >= 11 is 10.2. The van der Waals surface area contributed by atoms with Crippen molar-refractivity contribution in [2.75, 3.05) is 18.0 Å². The highest BCUT2D eigenvalue weighted by atomic mass is 35.5. The van der Waals surface area contributed by atoms with Crippen LogP contribution in [0.25, 0.3) is 22.4 Å². The van der Waals surface area contributed by atoms with Gasteiger partial charge >= 0.3 is 6.03 Å². The molecule has 0 aliphatic rings. The number of benzene rings is 1. The Morgan fingerprint density at radius 1 is 1.37 bits per heavy atom. The third-order valence-electron chi connectivity index (χ3n) is 3.67. The first-order valence-electron chi connectivity index (χ1n) is 7.92. The van der Waals surface area contributed by atoms with Crippen LogP contribution in [0.2, 0.25) is 5.02 Å². The van der Waals surface area contributed by atoms with Crippen LogP contribution in [0.15, 0.2) is 30.5 Å². The fraction of sp³-hybridized carbons (Fsp3) is 0.176. The van der Waals surface area contributed by atoms with Gasteiger partial charge in [0.2, 0.25) is 0 Å². The Hall–Kier alpha value is -2.78. The van der Waals surface area contributed by atoms with Gasteiger partial charge in [-0.15, -0.1) is 0 Å². The molecule has 2 heterocycles. The standard InChI is InChI=1S/C17H16ClN5O3S/c1-3-19-17(25)23(27)14-5-4-11-16(22-14)21-12(8-20-11)9-6-10(18)15(24)13(7-9)26-2/h4-8,24,27H,3H2,1-2H3,(H,19,25). The summed E-state index contributed by atoms with van der Waals surface area (Å²) in [7, 11) is 1.43. The number of ether oxygens (including phenoxy) is 1. The molecule has 3 aromatic rings. The Bertz CT molecular complexity index is 1020. The topological polar surface area (TPSA) is 100 Å². The SMILES string of the molecule is CCNC(=O)N(S)c1ccc2ncc(-c3cc(Cl)c(O)c(OC)c3)nc2n1. The number of urea groups is 1. The number of aromatic nitrogens is 3. The molecule has 3 rings (SSSR count). The third-order valence-corrected chi connectivity index (χ3v) is 4.35. The first-order chi connectivity index (χ1) is 12.9. The molecule has 140 valence electrons. The second-order valence-corrected chi connectivity index (χ2v) is 6.23. The van der Waals surface area contributed by atoms with E-state index in [1.54, 1.807) is 30.5 Å². The molecule has 0 radical (unpaired) electrons. The number of phenolic OH excluding ortho intramolecular Hbond substituents is 1. The van der Waals surface area contributed by atoms with Crippen molar-refractivity contribution in [1.29, 1.82) is 0 Å². The molecular formula is C17H16ClN5O3S. The lowest BCUT2D eigenvalue weighted by Gasteiger charge is -2.15. The highest BCUT2D eigenvalue weighted by Crippen LogP contribution is 2.38. The lowest BCUT2D eigenvalue weighted by atomic mass is 10.1. The fourth-order valence-electron chi connectivity index (χ4n) is 2.35. The summed E-state index contributed by atoms with van der Waals surface area (Å²) in [5.74, 6) is 0.383. The van der Waals surface area contributed by atoms with Crippen molar-refractivity contribution in [1.82, 2.24) is 20.3 Å². The lowest BCUT2D eigenvalue weighted by Crippen LogP contribution is -2.34. The number of methoxy groups -OCH3 is 1. The maximum Gasteiger partial charge on any atom is 0.333 e. The number of pyridine rings is 1. The zero-order valence-electron chi connectivity index (χ0n) is 14.5. The summed E-state index contributed by atoms with van der Waals surface area (Å²) in [6.07, 6.45) is 1.56. The molecule has 0 aliphatic heterocycles. The average molecular weight is 406 g/mol. The number of phenols is 1. The number of aromatic hydroxyl groups is 1. The lowest BCUT2D eigenvalue weighted by molar-refractivity contribution is 0.250. The number of thiol groups is 1. The van der Waals surface area contributed by atoms with Crippen LogP contribution >= 0.6 is 24.4 Å². The van der Waals surface area contributed by atoms with Gasteiger partial charge in [-0.3, -0.25) is 4.98 Å². The van der Waals surface area contributed by atoms with Crippen molar-refractivity contribution in [2.24, 2.45) is 0 Å². The van der Waals surface area contributed by atoms with E-state index in [-0.39, 0.29) is 16.5 Å². The number of amides is 2. The average Bonchev–Trinajstić information content (AvgIpc) is 2.68. The molecule has 10 heteroatoms. The van der Waals surface area contributed by atoms with E-state index in [2.05, 4.69) is 33.1 Å². The molecule has 0 aliphatic carbocycles. The number of hydrogen-bond acceptors (Lipinski definition) is 7. The number of nitrogens with one attached hydrogen (secondary N) is 1. The third kappa shape index (κ3) is 3.83. The highest BCUT2D eigenvalue weighted by Gasteiger charge is 2.15. The molecule has 2 aromatic heterocycles. The summed E-state index contributed by atoms with van der Waals surface area (Å²) < 4.78 is 6.21. The highest BCUT2D eigenvalue weighted by molar-refractivity contribution is 7.82. The largest absolute Gasteiger partial charge is 0.503 e. The number of halogens is 1. The van der Waals surface area contributed by atoms with Crippen LogP contribution in [-0.2, 0) is 0 Å². The van der Waals surface area contributed by atoms with Crippen LogP contribution in [0.3, 0.4) is 0 Å². The van der Waals surface area contributed by atoms with Crippen LogP contribution in [-0.4, -0.2) is 39.7 Å². The molecule has 2 N–H and O–H groups in total. The number of carbonyl (C=O) groups excluding carboxylic acids is 1. The number of hydrogen-bond donors (Lipinski definition) is 3. The monoisotopic (exact) mass is 405 g/mol. The number of anilines is 1. The van der Waals surface area contributed by atoms with Crippen molar-refractivity contribution >= 4 is 47.4 Å². The van der Waals surface area contributed by atoms with E-state index in [0.717, 1.165) is 4.31 Å². The minimum Gasteiger partial charge on any atom is -0.503 e. The predicted octanol–water partition coefficient (Wildman–Crippen LogP) is 3.44. The van der Waals surface area contributed by atoms with E-state index in [1.165, 1.54) is 7.11 Å². The van der Waals surface area contributed by atoms with Gasteiger partial charge in [0.25, 0.3) is 0 Å². The fourth-order valence-corrected chi connectivity index (χ4v) is 2.75. The van der Waals surface area contributed by atoms with Crippen molar-refractivity contribution < 1.29 is 14.6 Å². The molecule has 0 atom stereocenters. The minimum atomic E-state index is -0.396. The minimum absolute atomic E-state index is 0.130. The summed E-state index contributed by atoms with van der Waals surface area (Å²) in [4.78, 5) is 25.1. The van der Waals surface area contributed by atoms with E-state index in [1.807, 2.05) is 6.92 Å². The molecule has 0 bridgehead atoms. The van der Waals surface area contributed by atoms with Gasteiger partial charge in [0.05, 0.1) is 24.0 Å². The number of fused-ring (bicyclic) bond motifs is 1. The maximum atomic E-state index is 11.9. The molecule has 0 fully saturated rings. The van der Waals surface area contributed by atoms with Gasteiger partial charge in [0.15, 0.2) is 17.1 Å². The second-order valence-electron chi connectivity index (χ2n) is 5.42. The Morgan fingerprint density at radius 2 is 2.15 bits per heavy atom. The summed E-state index contributed by atoms with van der Waals surface area (Å²) in [6.45, 7) is 2.28. The normalized spacial score (nSPS) is 10.7. The maximum absolute atomic E-state index is 11.9. The first-order valence-corrected chi connectivity index (χ1v) is 8.70. The van der Waals surface area contributed by atoms with Gasteiger partial charge in [-0.1, -0.05) is 24.4 Å². The molecule has 0 saturated carbocycles. The molecule has 0 saturated heterocycles. The summed E-state index contributed by atoms with van der Waals surface area (Å²) in [5.41, 5.74) is 1.97. The van der Waals surface area contributed by atoms with E-state index in [4.69, 9.17) is 16.3 Å². The smallest absolute Gasteiger partial charge is 0.333 e. The summed E-state index contributed by atoms with van der Waals surface area (Å²) in [5, 5.41) is 12.6. The van der Waals surface area contributed by atoms with Crippen LogP contribution in [0.4, 0.5) is 10.6 Å². The molecule has 27 heavy (non-hydrogen) atoms. The Balaban J connectivity index is 2.04. The van der Waals surface area contributed by atoms with E-state index in [9.17, 15) is 9.90 Å². The molecule has 0 spiro atoms. The second kappa shape index (κ2) is 7.85. The Labute approximate surface area is 165 Å². The van der Waals surface area contributed by atoms with Crippen molar-refractivity contribution in [2.45, 2.75) is 6.92 Å². The van der Waals surface area contributed by atoms with E-state index < -0.39 is 6.03 Å². The molecule has 2 amide bonds. The van der Waals surface area contributed by atoms with Gasteiger partial charge in [0.1, 0.15) is 11.3 Å². The zero-order chi connectivity index (χ0) is 19.6. The molecule has 0 unspecified atom stereocenters. The van der Waals surface area contributed by atoms with Gasteiger partial charge < -0.3 is 15.2 Å². The number of nitrogens with zero attached hydrogens (tertiary/aromatic N) is 4. The predicted molar refractivity (Wildman–Crippen MR) is 107 cm³/mol. The number of rotatable bonds is 4. The molecule has 8 nitrogen and oxygen atoms in total. The van der Waals surface area contributed by atoms with Crippen LogP contribution < -0.4 is 14.4 Å². The van der Waals surface area contributed by atoms with Gasteiger partial charge in [-0.25, -0.2) is 19.1 Å². The summed E-state index contributed by atoms with van der Waals surface area (Å²) in [6, 6.07) is 6.08. The quantitative estimate of drug-likeness (QED) is 0.575. The van der Waals surface area contributed by atoms with Gasteiger partial charge in [0, 0.05) is 12.1 Å². The zero-order valence-corrected chi connectivity index (χ0v) is 16.1. The van der Waals surface area contributed by atoms with Crippen LogP contribution in [0.5, 0.6) is 11.5 Å². The van der Waals surface area contributed by atoms with Crippen LogP contribution in [0, 0.1) is 0 Å². The van der Waals surface area contributed by atoms with E-state index in [0.29, 0.717) is 34.8 Å². The van der Waals surface area contributed by atoms with Gasteiger partial charge in [-0.2, -0.15) is 0 Å². The molecular weight excluding hydrogens is 390 g/mol.